The molecule has 2 rings (SSSR count). The SMILES string of the molecule is CCCn1nccc1C(N)C1(N(C)C)CCCC(C)C1. The van der Waals surface area contributed by atoms with Crippen molar-refractivity contribution in [2.24, 2.45) is 11.7 Å². The Hall–Kier alpha value is -0.870. The Morgan fingerprint density at radius 3 is 2.90 bits per heavy atom. The van der Waals surface area contributed by atoms with Crippen molar-refractivity contribution >= 4 is 0 Å². The van der Waals surface area contributed by atoms with Gasteiger partial charge >= 0.3 is 0 Å². The van der Waals surface area contributed by atoms with Gasteiger partial charge in [-0.15, -0.1) is 0 Å². The lowest BCUT2D eigenvalue weighted by Crippen LogP contribution is -2.55. The standard InChI is InChI=1S/C16H30N4/c1-5-11-20-14(8-10-18-20)15(17)16(19(3)4)9-6-7-13(2)12-16/h8,10,13,15H,5-7,9,11-12,17H2,1-4H3. The second-order valence-corrected chi connectivity index (χ2v) is 6.66. The molecule has 0 amide bonds. The zero-order valence-corrected chi connectivity index (χ0v) is 13.5. The zero-order valence-electron chi connectivity index (χ0n) is 13.5. The first-order valence-electron chi connectivity index (χ1n) is 7.96. The topological polar surface area (TPSA) is 47.1 Å². The van der Waals surface area contributed by atoms with Gasteiger partial charge in [0.05, 0.1) is 11.7 Å². The quantitative estimate of drug-likeness (QED) is 0.901. The molecule has 4 nitrogen and oxygen atoms in total. The number of nitrogens with two attached hydrogens (primary N) is 1. The first-order chi connectivity index (χ1) is 9.51. The van der Waals surface area contributed by atoms with E-state index in [2.05, 4.69) is 48.7 Å². The molecular weight excluding hydrogens is 248 g/mol. The summed E-state index contributed by atoms with van der Waals surface area (Å²) in [6.45, 7) is 5.49. The lowest BCUT2D eigenvalue weighted by molar-refractivity contribution is 0.0471. The van der Waals surface area contributed by atoms with Crippen LogP contribution in [0.3, 0.4) is 0 Å². The van der Waals surface area contributed by atoms with Crippen LogP contribution in [0.25, 0.3) is 0 Å². The molecule has 3 unspecified atom stereocenters. The van der Waals surface area contributed by atoms with E-state index < -0.39 is 0 Å². The molecule has 0 spiro atoms. The van der Waals surface area contributed by atoms with E-state index in [1.807, 2.05) is 6.20 Å². The maximum atomic E-state index is 6.74. The molecule has 2 N–H and O–H groups in total. The second-order valence-electron chi connectivity index (χ2n) is 6.66. The fourth-order valence-corrected chi connectivity index (χ4v) is 3.81. The summed E-state index contributed by atoms with van der Waals surface area (Å²) in [5.41, 5.74) is 8.00. The number of aromatic nitrogens is 2. The Morgan fingerprint density at radius 2 is 2.30 bits per heavy atom. The molecule has 20 heavy (non-hydrogen) atoms. The van der Waals surface area contributed by atoms with Crippen molar-refractivity contribution in [2.45, 2.75) is 64.1 Å². The molecule has 1 aliphatic carbocycles. The average Bonchev–Trinajstić information content (AvgIpc) is 2.86. The van der Waals surface area contributed by atoms with Crippen molar-refractivity contribution in [3.05, 3.63) is 18.0 Å². The van der Waals surface area contributed by atoms with E-state index in [4.69, 9.17) is 5.73 Å². The number of nitrogens with zero attached hydrogens (tertiary/aromatic N) is 3. The zero-order chi connectivity index (χ0) is 14.8. The molecule has 1 aliphatic rings. The van der Waals surface area contributed by atoms with Crippen molar-refractivity contribution in [1.82, 2.24) is 14.7 Å². The summed E-state index contributed by atoms with van der Waals surface area (Å²) in [5.74, 6) is 0.750. The minimum atomic E-state index is 0.0364. The monoisotopic (exact) mass is 278 g/mol. The lowest BCUT2D eigenvalue weighted by atomic mass is 9.70. The highest BCUT2D eigenvalue weighted by atomic mass is 15.3. The molecule has 114 valence electrons. The Kier molecular flexibility index (Phi) is 4.86. The molecular formula is C16H30N4. The number of rotatable bonds is 5. The molecule has 0 aromatic carbocycles. The van der Waals surface area contributed by atoms with Crippen molar-refractivity contribution in [1.29, 1.82) is 0 Å². The molecule has 1 heterocycles. The van der Waals surface area contributed by atoms with Crippen LogP contribution < -0.4 is 5.73 Å². The summed E-state index contributed by atoms with van der Waals surface area (Å²) >= 11 is 0. The van der Waals surface area contributed by atoms with E-state index in [1.54, 1.807) is 0 Å². The molecule has 4 heteroatoms. The van der Waals surface area contributed by atoms with E-state index in [0.717, 1.165) is 18.9 Å². The summed E-state index contributed by atoms with van der Waals surface area (Å²) in [4.78, 5) is 2.36. The first kappa shape index (κ1) is 15.5. The third-order valence-corrected chi connectivity index (χ3v) is 4.98. The van der Waals surface area contributed by atoms with Gasteiger partial charge in [-0.1, -0.05) is 26.7 Å². The molecule has 1 aromatic rings. The number of aryl methyl sites for hydroxylation is 1. The Labute approximate surface area is 123 Å². The Bertz CT molecular complexity index is 426. The highest BCUT2D eigenvalue weighted by Crippen LogP contribution is 2.42. The minimum absolute atomic E-state index is 0.0364. The summed E-state index contributed by atoms with van der Waals surface area (Å²) in [5, 5.41) is 4.45. The number of hydrogen-bond donors (Lipinski definition) is 1. The van der Waals surface area contributed by atoms with Gasteiger partial charge in [0.1, 0.15) is 0 Å². The van der Waals surface area contributed by atoms with Crippen LogP contribution in [-0.4, -0.2) is 34.3 Å². The van der Waals surface area contributed by atoms with E-state index >= 15 is 0 Å². The van der Waals surface area contributed by atoms with Gasteiger partial charge in [0, 0.05) is 18.3 Å². The molecule has 0 saturated heterocycles. The molecule has 0 aliphatic heterocycles. The average molecular weight is 278 g/mol. The van der Waals surface area contributed by atoms with Crippen LogP contribution in [0.1, 0.15) is 57.7 Å². The number of likely N-dealkylation sites (N-methyl/N-ethyl adjacent to an activating group) is 1. The van der Waals surface area contributed by atoms with Crippen LogP contribution in [0.5, 0.6) is 0 Å². The Morgan fingerprint density at radius 1 is 1.55 bits per heavy atom. The van der Waals surface area contributed by atoms with Crippen LogP contribution in [0.4, 0.5) is 0 Å². The maximum absolute atomic E-state index is 6.74. The number of hydrogen-bond acceptors (Lipinski definition) is 3. The first-order valence-corrected chi connectivity index (χ1v) is 7.96. The van der Waals surface area contributed by atoms with Gasteiger partial charge in [0.2, 0.25) is 0 Å². The van der Waals surface area contributed by atoms with Crippen molar-refractivity contribution in [3.8, 4) is 0 Å². The van der Waals surface area contributed by atoms with Crippen LogP contribution in [0, 0.1) is 5.92 Å². The fraction of sp³-hybridized carbons (Fsp3) is 0.812. The lowest BCUT2D eigenvalue weighted by Gasteiger charge is -2.49. The molecule has 0 radical (unpaired) electrons. The van der Waals surface area contributed by atoms with Gasteiger partial charge in [0.25, 0.3) is 0 Å². The van der Waals surface area contributed by atoms with Gasteiger partial charge in [-0.3, -0.25) is 4.68 Å². The molecule has 1 saturated carbocycles. The largest absolute Gasteiger partial charge is 0.321 e. The van der Waals surface area contributed by atoms with E-state index in [1.165, 1.54) is 31.4 Å². The maximum Gasteiger partial charge on any atom is 0.0653 e. The summed E-state index contributed by atoms with van der Waals surface area (Å²) in [7, 11) is 4.36. The van der Waals surface area contributed by atoms with Gasteiger partial charge in [0.15, 0.2) is 0 Å². The van der Waals surface area contributed by atoms with Crippen molar-refractivity contribution in [3.63, 3.8) is 0 Å². The fourth-order valence-electron chi connectivity index (χ4n) is 3.81. The minimum Gasteiger partial charge on any atom is -0.321 e. The third kappa shape index (κ3) is 2.77. The molecule has 3 atom stereocenters. The predicted molar refractivity (Wildman–Crippen MR) is 83.5 cm³/mol. The Balaban J connectivity index is 2.31. The summed E-state index contributed by atoms with van der Waals surface area (Å²) < 4.78 is 2.09. The summed E-state index contributed by atoms with van der Waals surface area (Å²) in [6, 6.07) is 2.14. The molecule has 0 bridgehead atoms. The van der Waals surface area contributed by atoms with Gasteiger partial charge in [-0.2, -0.15) is 5.10 Å². The van der Waals surface area contributed by atoms with Crippen molar-refractivity contribution in [2.75, 3.05) is 14.1 Å². The highest BCUT2D eigenvalue weighted by molar-refractivity contribution is 5.15. The van der Waals surface area contributed by atoms with Crippen LogP contribution in [0.2, 0.25) is 0 Å². The normalized spacial score (nSPS) is 28.8. The smallest absolute Gasteiger partial charge is 0.0653 e. The predicted octanol–water partition coefficient (Wildman–Crippen LogP) is 2.80. The van der Waals surface area contributed by atoms with Crippen molar-refractivity contribution < 1.29 is 0 Å². The van der Waals surface area contributed by atoms with Gasteiger partial charge in [-0.05, 0) is 45.3 Å². The summed E-state index contributed by atoms with van der Waals surface area (Å²) in [6.07, 6.45) is 7.94. The third-order valence-electron chi connectivity index (χ3n) is 4.98. The highest BCUT2D eigenvalue weighted by Gasteiger charge is 2.43. The van der Waals surface area contributed by atoms with Gasteiger partial charge < -0.3 is 10.6 Å². The van der Waals surface area contributed by atoms with E-state index in [9.17, 15) is 0 Å². The van der Waals surface area contributed by atoms with E-state index in [0.29, 0.717) is 0 Å². The van der Waals surface area contributed by atoms with Crippen LogP contribution >= 0.6 is 0 Å². The molecule has 1 fully saturated rings. The van der Waals surface area contributed by atoms with E-state index in [-0.39, 0.29) is 11.6 Å². The molecule has 1 aromatic heterocycles. The van der Waals surface area contributed by atoms with Crippen LogP contribution in [-0.2, 0) is 6.54 Å². The van der Waals surface area contributed by atoms with Gasteiger partial charge in [-0.25, -0.2) is 0 Å². The van der Waals surface area contributed by atoms with Crippen LogP contribution in [0.15, 0.2) is 12.3 Å². The second kappa shape index (κ2) is 6.27.